The fourth-order valence-electron chi connectivity index (χ4n) is 3.91. The summed E-state index contributed by atoms with van der Waals surface area (Å²) in [4.78, 5) is 39.7. The van der Waals surface area contributed by atoms with E-state index in [1.807, 2.05) is 13.0 Å². The maximum atomic E-state index is 13.5. The third-order valence-electron chi connectivity index (χ3n) is 5.73. The molecule has 0 aliphatic carbocycles. The van der Waals surface area contributed by atoms with Crippen LogP contribution >= 0.6 is 22.9 Å². The third kappa shape index (κ3) is 6.75. The SMILES string of the molecule is CCc1cc(C(=O)c2ccccc2Cl)c(-n2c(C)nnc2CNC(=O)Nc2cccc(C(=O)OC(C)(C)C)c2)s1. The van der Waals surface area contributed by atoms with Crippen molar-refractivity contribution in [3.63, 3.8) is 0 Å². The van der Waals surface area contributed by atoms with Crippen LogP contribution in [0.25, 0.3) is 5.00 Å². The number of esters is 1. The predicted molar refractivity (Wildman–Crippen MR) is 156 cm³/mol. The number of hydrogen-bond donors (Lipinski definition) is 2. The summed E-state index contributed by atoms with van der Waals surface area (Å²) in [6.07, 6.45) is 0.743. The minimum absolute atomic E-state index is 0.0392. The van der Waals surface area contributed by atoms with Crippen LogP contribution in [0.3, 0.4) is 0 Å². The molecule has 0 aliphatic rings. The Morgan fingerprint density at radius 1 is 1.02 bits per heavy atom. The van der Waals surface area contributed by atoms with Crippen LogP contribution in [0.5, 0.6) is 0 Å². The Labute approximate surface area is 241 Å². The van der Waals surface area contributed by atoms with Gasteiger partial charge in [0, 0.05) is 16.1 Å². The highest BCUT2D eigenvalue weighted by Gasteiger charge is 2.24. The summed E-state index contributed by atoms with van der Waals surface area (Å²) < 4.78 is 7.18. The second kappa shape index (κ2) is 12.0. The second-order valence-electron chi connectivity index (χ2n) is 9.98. The fourth-order valence-corrected chi connectivity index (χ4v) is 5.29. The summed E-state index contributed by atoms with van der Waals surface area (Å²) in [5.74, 6) is 0.337. The van der Waals surface area contributed by atoms with E-state index in [0.717, 1.165) is 11.3 Å². The molecule has 2 aromatic carbocycles. The van der Waals surface area contributed by atoms with Gasteiger partial charge in [-0.3, -0.25) is 9.36 Å². The Hall–Kier alpha value is -4.02. The molecule has 0 radical (unpaired) electrons. The number of carbonyl (C=O) groups is 3. The largest absolute Gasteiger partial charge is 0.456 e. The van der Waals surface area contributed by atoms with Crippen LogP contribution in [-0.2, 0) is 17.7 Å². The highest BCUT2D eigenvalue weighted by atomic mass is 35.5. The topological polar surface area (TPSA) is 115 Å². The number of urea groups is 1. The molecule has 0 unspecified atom stereocenters. The number of carbonyl (C=O) groups excluding carboxylic acids is 3. The quantitative estimate of drug-likeness (QED) is 0.185. The average Bonchev–Trinajstić information content (AvgIpc) is 3.49. The van der Waals surface area contributed by atoms with Gasteiger partial charge in [0.05, 0.1) is 22.7 Å². The van der Waals surface area contributed by atoms with Gasteiger partial charge in [0.1, 0.15) is 16.4 Å². The number of ketones is 1. The molecule has 4 aromatic rings. The number of nitrogens with one attached hydrogen (secondary N) is 2. The van der Waals surface area contributed by atoms with E-state index < -0.39 is 17.6 Å². The number of benzene rings is 2. The zero-order chi connectivity index (χ0) is 29.0. The first-order valence-corrected chi connectivity index (χ1v) is 13.9. The fraction of sp³-hybridized carbons (Fsp3) is 0.276. The van der Waals surface area contributed by atoms with Crippen LogP contribution < -0.4 is 10.6 Å². The van der Waals surface area contributed by atoms with E-state index in [1.165, 1.54) is 11.3 Å². The summed E-state index contributed by atoms with van der Waals surface area (Å²) in [6, 6.07) is 14.8. The number of anilines is 1. The third-order valence-corrected chi connectivity index (χ3v) is 7.33. The lowest BCUT2D eigenvalue weighted by Gasteiger charge is -2.19. The smallest absolute Gasteiger partial charge is 0.338 e. The Bertz CT molecular complexity index is 1570. The van der Waals surface area contributed by atoms with Gasteiger partial charge < -0.3 is 15.4 Å². The number of ether oxygens (including phenoxy) is 1. The van der Waals surface area contributed by atoms with Crippen molar-refractivity contribution in [3.8, 4) is 5.00 Å². The number of aromatic nitrogens is 3. The number of halogens is 1. The van der Waals surface area contributed by atoms with Gasteiger partial charge in [0.2, 0.25) is 0 Å². The van der Waals surface area contributed by atoms with Crippen molar-refractivity contribution in [1.82, 2.24) is 20.1 Å². The molecule has 2 N–H and O–H groups in total. The van der Waals surface area contributed by atoms with Gasteiger partial charge in [0.25, 0.3) is 0 Å². The Morgan fingerprint density at radius 2 is 1.77 bits per heavy atom. The maximum Gasteiger partial charge on any atom is 0.338 e. The lowest BCUT2D eigenvalue weighted by molar-refractivity contribution is 0.00694. The molecule has 40 heavy (non-hydrogen) atoms. The summed E-state index contributed by atoms with van der Waals surface area (Å²) in [5.41, 5.74) is 1.01. The number of hydrogen-bond acceptors (Lipinski definition) is 7. The van der Waals surface area contributed by atoms with Gasteiger partial charge in [-0.25, -0.2) is 9.59 Å². The van der Waals surface area contributed by atoms with Crippen LogP contribution in [0.1, 0.15) is 70.5 Å². The zero-order valence-electron chi connectivity index (χ0n) is 22.9. The molecule has 0 bridgehead atoms. The average molecular weight is 580 g/mol. The van der Waals surface area contributed by atoms with Gasteiger partial charge in [0.15, 0.2) is 11.6 Å². The van der Waals surface area contributed by atoms with Crippen molar-refractivity contribution in [1.29, 1.82) is 0 Å². The van der Waals surface area contributed by atoms with Crippen molar-refractivity contribution in [3.05, 3.63) is 92.8 Å². The summed E-state index contributed by atoms with van der Waals surface area (Å²) in [6.45, 7) is 9.20. The zero-order valence-corrected chi connectivity index (χ0v) is 24.4. The minimum atomic E-state index is -0.635. The molecule has 2 aromatic heterocycles. The monoisotopic (exact) mass is 579 g/mol. The molecule has 2 amide bonds. The summed E-state index contributed by atoms with van der Waals surface area (Å²) in [5, 5.41) is 15.0. The molecule has 0 aliphatic heterocycles. The lowest BCUT2D eigenvalue weighted by atomic mass is 10.0. The molecular formula is C29H30ClN5O4S. The first-order valence-electron chi connectivity index (χ1n) is 12.7. The molecule has 4 rings (SSSR count). The Morgan fingerprint density at radius 3 is 2.48 bits per heavy atom. The number of aryl methyl sites for hydroxylation is 2. The first kappa shape index (κ1) is 29.0. The summed E-state index contributed by atoms with van der Waals surface area (Å²) >= 11 is 7.79. The van der Waals surface area contributed by atoms with Gasteiger partial charge in [-0.15, -0.1) is 21.5 Å². The maximum absolute atomic E-state index is 13.5. The van der Waals surface area contributed by atoms with Gasteiger partial charge >= 0.3 is 12.0 Å². The van der Waals surface area contributed by atoms with Gasteiger partial charge in [-0.1, -0.05) is 36.7 Å². The normalized spacial score (nSPS) is 11.2. The predicted octanol–water partition coefficient (Wildman–Crippen LogP) is 6.36. The Kier molecular flexibility index (Phi) is 8.70. The standard InChI is InChI=1S/C29H30ClN5O4S/c1-6-20-15-22(25(36)21-12-7-8-13-23(21)30)26(40-20)35-17(2)33-34-24(35)16-31-28(38)32-19-11-9-10-18(14-19)27(37)39-29(3,4)5/h7-15H,6,16H2,1-5H3,(H2,31,32,38). The molecule has 208 valence electrons. The highest BCUT2D eigenvalue weighted by molar-refractivity contribution is 7.15. The minimum Gasteiger partial charge on any atom is -0.456 e. The van der Waals surface area contributed by atoms with Crippen molar-refractivity contribution >= 4 is 46.4 Å². The molecule has 9 nitrogen and oxygen atoms in total. The summed E-state index contributed by atoms with van der Waals surface area (Å²) in [7, 11) is 0. The lowest BCUT2D eigenvalue weighted by Crippen LogP contribution is -2.29. The number of nitrogens with zero attached hydrogens (tertiary/aromatic N) is 3. The van der Waals surface area contributed by atoms with E-state index in [4.69, 9.17) is 16.3 Å². The van der Waals surface area contributed by atoms with Crippen LogP contribution in [-0.4, -0.2) is 38.1 Å². The van der Waals surface area contributed by atoms with Crippen LogP contribution in [0.15, 0.2) is 54.6 Å². The van der Waals surface area contributed by atoms with E-state index in [9.17, 15) is 14.4 Å². The van der Waals surface area contributed by atoms with Crippen molar-refractivity contribution < 1.29 is 19.1 Å². The van der Waals surface area contributed by atoms with Crippen LogP contribution in [0.2, 0.25) is 5.02 Å². The molecular weight excluding hydrogens is 550 g/mol. The highest BCUT2D eigenvalue weighted by Crippen LogP contribution is 2.32. The Balaban J connectivity index is 1.53. The molecule has 0 spiro atoms. The van der Waals surface area contributed by atoms with Crippen LogP contribution in [0, 0.1) is 6.92 Å². The molecule has 2 heterocycles. The molecule has 0 saturated heterocycles. The molecule has 0 saturated carbocycles. The van der Waals surface area contributed by atoms with E-state index in [1.54, 1.807) is 80.8 Å². The molecule has 0 fully saturated rings. The number of rotatable bonds is 8. The van der Waals surface area contributed by atoms with Crippen molar-refractivity contribution in [2.75, 3.05) is 5.32 Å². The second-order valence-corrected chi connectivity index (χ2v) is 11.5. The van der Waals surface area contributed by atoms with E-state index in [2.05, 4.69) is 20.8 Å². The van der Waals surface area contributed by atoms with Gasteiger partial charge in [-0.2, -0.15) is 0 Å². The van der Waals surface area contributed by atoms with Crippen molar-refractivity contribution in [2.45, 2.75) is 53.2 Å². The van der Waals surface area contributed by atoms with Crippen molar-refractivity contribution in [2.24, 2.45) is 0 Å². The van der Waals surface area contributed by atoms with E-state index in [-0.39, 0.29) is 12.3 Å². The van der Waals surface area contributed by atoms with E-state index in [0.29, 0.717) is 44.1 Å². The van der Waals surface area contributed by atoms with Gasteiger partial charge in [-0.05, 0) is 70.5 Å². The first-order chi connectivity index (χ1) is 19.0. The van der Waals surface area contributed by atoms with Crippen LogP contribution in [0.4, 0.5) is 10.5 Å². The van der Waals surface area contributed by atoms with E-state index >= 15 is 0 Å². The molecule has 11 heteroatoms. The molecule has 0 atom stereocenters. The number of amides is 2. The number of thiophene rings is 1.